The van der Waals surface area contributed by atoms with Gasteiger partial charge in [0.05, 0.1) is 0 Å². The normalized spacial score (nSPS) is 9.90. The van der Waals surface area contributed by atoms with Crippen LogP contribution in [0.4, 0.5) is 17.2 Å². The van der Waals surface area contributed by atoms with Crippen LogP contribution < -0.4 is 16.0 Å². The van der Waals surface area contributed by atoms with Gasteiger partial charge in [0.2, 0.25) is 0 Å². The van der Waals surface area contributed by atoms with E-state index in [9.17, 15) is 0 Å². The number of rotatable bonds is 4. The molecule has 0 spiro atoms. The summed E-state index contributed by atoms with van der Waals surface area (Å²) in [7, 11) is 0. The Morgan fingerprint density at radius 2 is 1.85 bits per heavy atom. The maximum Gasteiger partial charge on any atom is 0.170 e. The molecular formula is C14H17N5S. The highest BCUT2D eigenvalue weighted by Gasteiger charge is 1.99. The van der Waals surface area contributed by atoms with Gasteiger partial charge in [0, 0.05) is 29.7 Å². The number of nitrogens with zero attached hydrogens (tertiary/aromatic N) is 2. The molecule has 0 radical (unpaired) electrons. The zero-order valence-corrected chi connectivity index (χ0v) is 12.3. The SMILES string of the molecule is CCNC(=S)Nc1ccc(Nc2cc(C)ncn2)cc1. The molecule has 1 aromatic carbocycles. The Hall–Kier alpha value is -2.21. The summed E-state index contributed by atoms with van der Waals surface area (Å²) in [6.07, 6.45) is 1.54. The third kappa shape index (κ3) is 4.17. The summed E-state index contributed by atoms with van der Waals surface area (Å²) >= 11 is 5.13. The number of aromatic nitrogens is 2. The predicted octanol–water partition coefficient (Wildman–Crippen LogP) is 2.83. The second-order valence-corrected chi connectivity index (χ2v) is 4.64. The number of benzene rings is 1. The Balaban J connectivity index is 1.99. The lowest BCUT2D eigenvalue weighted by atomic mass is 10.3. The van der Waals surface area contributed by atoms with Gasteiger partial charge in [0.15, 0.2) is 5.11 Å². The Bertz CT molecular complexity index is 582. The topological polar surface area (TPSA) is 61.9 Å². The minimum atomic E-state index is 0.625. The molecule has 0 aliphatic rings. The van der Waals surface area contributed by atoms with E-state index in [4.69, 9.17) is 12.2 Å². The summed E-state index contributed by atoms with van der Waals surface area (Å²) < 4.78 is 0. The maximum absolute atomic E-state index is 5.13. The Labute approximate surface area is 123 Å². The second-order valence-electron chi connectivity index (χ2n) is 4.23. The quantitative estimate of drug-likeness (QED) is 0.752. The van der Waals surface area contributed by atoms with Gasteiger partial charge < -0.3 is 16.0 Å². The van der Waals surface area contributed by atoms with Crippen molar-refractivity contribution < 1.29 is 0 Å². The highest BCUT2D eigenvalue weighted by atomic mass is 32.1. The zero-order valence-electron chi connectivity index (χ0n) is 11.5. The van der Waals surface area contributed by atoms with Crippen molar-refractivity contribution in [2.45, 2.75) is 13.8 Å². The summed E-state index contributed by atoms with van der Waals surface area (Å²) in [5, 5.41) is 10.0. The van der Waals surface area contributed by atoms with Crippen molar-refractivity contribution >= 4 is 34.5 Å². The monoisotopic (exact) mass is 287 g/mol. The van der Waals surface area contributed by atoms with Gasteiger partial charge in [0.1, 0.15) is 12.1 Å². The van der Waals surface area contributed by atoms with Crippen LogP contribution in [-0.4, -0.2) is 21.6 Å². The fraction of sp³-hybridized carbons (Fsp3) is 0.214. The fourth-order valence-corrected chi connectivity index (χ4v) is 1.91. The molecule has 2 aromatic rings. The maximum atomic E-state index is 5.13. The van der Waals surface area contributed by atoms with Crippen molar-refractivity contribution in [2.75, 3.05) is 17.2 Å². The van der Waals surface area contributed by atoms with Crippen molar-refractivity contribution in [3.05, 3.63) is 42.4 Å². The van der Waals surface area contributed by atoms with E-state index in [0.717, 1.165) is 29.4 Å². The summed E-state index contributed by atoms with van der Waals surface area (Å²) in [5.74, 6) is 0.779. The summed E-state index contributed by atoms with van der Waals surface area (Å²) in [6, 6.07) is 9.75. The van der Waals surface area contributed by atoms with Gasteiger partial charge in [0.25, 0.3) is 0 Å². The van der Waals surface area contributed by atoms with E-state index in [2.05, 4.69) is 25.9 Å². The first-order chi connectivity index (χ1) is 9.67. The third-order valence-corrected chi connectivity index (χ3v) is 2.80. The van der Waals surface area contributed by atoms with Crippen LogP contribution in [0.25, 0.3) is 0 Å². The third-order valence-electron chi connectivity index (χ3n) is 2.56. The molecular weight excluding hydrogens is 270 g/mol. The molecule has 0 saturated carbocycles. The first kappa shape index (κ1) is 14.2. The molecule has 2 rings (SSSR count). The first-order valence-electron chi connectivity index (χ1n) is 6.38. The van der Waals surface area contributed by atoms with Crippen molar-refractivity contribution in [1.82, 2.24) is 15.3 Å². The van der Waals surface area contributed by atoms with Crippen molar-refractivity contribution in [3.63, 3.8) is 0 Å². The molecule has 0 amide bonds. The average Bonchev–Trinajstić information content (AvgIpc) is 2.41. The fourth-order valence-electron chi connectivity index (χ4n) is 1.64. The Morgan fingerprint density at radius 3 is 2.50 bits per heavy atom. The second kappa shape index (κ2) is 6.81. The molecule has 6 heteroatoms. The van der Waals surface area contributed by atoms with Crippen molar-refractivity contribution in [2.24, 2.45) is 0 Å². The minimum Gasteiger partial charge on any atom is -0.363 e. The molecule has 1 aromatic heterocycles. The molecule has 0 fully saturated rings. The molecule has 0 aliphatic carbocycles. The summed E-state index contributed by atoms with van der Waals surface area (Å²) in [4.78, 5) is 8.22. The van der Waals surface area contributed by atoms with Gasteiger partial charge in [-0.05, 0) is 50.3 Å². The lowest BCUT2D eigenvalue weighted by Gasteiger charge is -2.10. The smallest absolute Gasteiger partial charge is 0.170 e. The van der Waals surface area contributed by atoms with E-state index in [1.165, 1.54) is 0 Å². The van der Waals surface area contributed by atoms with Crippen LogP contribution >= 0.6 is 12.2 Å². The van der Waals surface area contributed by atoms with E-state index >= 15 is 0 Å². The number of hydrogen-bond acceptors (Lipinski definition) is 4. The molecule has 0 aliphatic heterocycles. The van der Waals surface area contributed by atoms with Crippen LogP contribution in [0.5, 0.6) is 0 Å². The van der Waals surface area contributed by atoms with Gasteiger partial charge in [-0.2, -0.15) is 0 Å². The molecule has 0 bridgehead atoms. The van der Waals surface area contributed by atoms with Gasteiger partial charge in [-0.1, -0.05) is 0 Å². The van der Waals surface area contributed by atoms with Crippen LogP contribution in [0.3, 0.4) is 0 Å². The van der Waals surface area contributed by atoms with Crippen molar-refractivity contribution in [1.29, 1.82) is 0 Å². The zero-order chi connectivity index (χ0) is 14.4. The van der Waals surface area contributed by atoms with E-state index in [1.54, 1.807) is 6.33 Å². The van der Waals surface area contributed by atoms with E-state index in [1.807, 2.05) is 44.2 Å². The molecule has 0 atom stereocenters. The number of anilines is 3. The standard InChI is InChI=1S/C14H17N5S/c1-3-15-14(20)19-12-6-4-11(5-7-12)18-13-8-10(2)16-9-17-13/h4-9H,3H2,1-2H3,(H2,15,19,20)(H,16,17,18). The molecule has 1 heterocycles. The minimum absolute atomic E-state index is 0.625. The van der Waals surface area contributed by atoms with Gasteiger partial charge in [-0.25, -0.2) is 9.97 Å². The van der Waals surface area contributed by atoms with Gasteiger partial charge in [-0.15, -0.1) is 0 Å². The number of thiocarbonyl (C=S) groups is 1. The molecule has 5 nitrogen and oxygen atoms in total. The lowest BCUT2D eigenvalue weighted by Crippen LogP contribution is -2.27. The van der Waals surface area contributed by atoms with Crippen molar-refractivity contribution in [3.8, 4) is 0 Å². The van der Waals surface area contributed by atoms with Crippen LogP contribution in [0, 0.1) is 6.92 Å². The van der Waals surface area contributed by atoms with E-state index < -0.39 is 0 Å². The number of nitrogens with one attached hydrogen (secondary N) is 3. The number of hydrogen-bond donors (Lipinski definition) is 3. The van der Waals surface area contributed by atoms with E-state index in [0.29, 0.717) is 5.11 Å². The number of aryl methyl sites for hydroxylation is 1. The molecule has 3 N–H and O–H groups in total. The van der Waals surface area contributed by atoms with Gasteiger partial charge >= 0.3 is 0 Å². The Morgan fingerprint density at radius 1 is 1.15 bits per heavy atom. The lowest BCUT2D eigenvalue weighted by molar-refractivity contribution is 0.979. The Kier molecular flexibility index (Phi) is 4.84. The van der Waals surface area contributed by atoms with Crippen LogP contribution in [0.2, 0.25) is 0 Å². The van der Waals surface area contributed by atoms with Crippen LogP contribution in [0.15, 0.2) is 36.7 Å². The van der Waals surface area contributed by atoms with Crippen LogP contribution in [0.1, 0.15) is 12.6 Å². The van der Waals surface area contributed by atoms with Gasteiger partial charge in [-0.3, -0.25) is 0 Å². The average molecular weight is 287 g/mol. The predicted molar refractivity (Wildman–Crippen MR) is 86.4 cm³/mol. The largest absolute Gasteiger partial charge is 0.363 e. The van der Waals surface area contributed by atoms with Crippen LogP contribution in [-0.2, 0) is 0 Å². The molecule has 20 heavy (non-hydrogen) atoms. The molecule has 0 unspecified atom stereocenters. The first-order valence-corrected chi connectivity index (χ1v) is 6.79. The highest BCUT2D eigenvalue weighted by Crippen LogP contribution is 2.17. The van der Waals surface area contributed by atoms with E-state index in [-0.39, 0.29) is 0 Å². The molecule has 0 saturated heterocycles. The summed E-state index contributed by atoms with van der Waals surface area (Å²) in [6.45, 7) is 4.74. The highest BCUT2D eigenvalue weighted by molar-refractivity contribution is 7.80. The molecule has 104 valence electrons. The summed E-state index contributed by atoms with van der Waals surface area (Å²) in [5.41, 5.74) is 2.83.